The zero-order chi connectivity index (χ0) is 18.4. The minimum Gasteiger partial charge on any atom is -0.333 e. The Morgan fingerprint density at radius 3 is 1.81 bits per heavy atom. The first kappa shape index (κ1) is 17.2. The molecule has 0 fully saturated rings. The molecule has 0 atom stereocenters. The second kappa shape index (κ2) is 7.94. The Kier molecular flexibility index (Phi) is 5.24. The van der Waals surface area contributed by atoms with E-state index in [9.17, 15) is 14.9 Å². The molecule has 0 unspecified atom stereocenters. The van der Waals surface area contributed by atoms with E-state index in [0.717, 1.165) is 16.9 Å². The van der Waals surface area contributed by atoms with Gasteiger partial charge in [0.15, 0.2) is 0 Å². The molecule has 0 radical (unpaired) electrons. The van der Waals surface area contributed by atoms with E-state index in [1.807, 2.05) is 60.7 Å². The molecule has 0 saturated heterocycles. The van der Waals surface area contributed by atoms with E-state index in [-0.39, 0.29) is 18.3 Å². The number of carbonyl (C=O) groups excluding carboxylic acids is 1. The van der Waals surface area contributed by atoms with E-state index >= 15 is 0 Å². The van der Waals surface area contributed by atoms with E-state index in [1.54, 1.807) is 17.0 Å². The molecule has 6 heteroatoms. The average Bonchev–Trinajstić information content (AvgIpc) is 2.68. The number of nitro groups is 1. The van der Waals surface area contributed by atoms with Gasteiger partial charge in [0.1, 0.15) is 0 Å². The van der Waals surface area contributed by atoms with Crippen LogP contribution in [0.4, 0.5) is 21.9 Å². The van der Waals surface area contributed by atoms with Gasteiger partial charge in [-0.15, -0.1) is 0 Å². The molecule has 0 saturated carbocycles. The number of nitrogens with one attached hydrogen (secondary N) is 1. The summed E-state index contributed by atoms with van der Waals surface area (Å²) in [4.78, 5) is 24.6. The quantitative estimate of drug-likeness (QED) is 0.539. The highest BCUT2D eigenvalue weighted by Crippen LogP contribution is 2.25. The maximum atomic E-state index is 12.8. The van der Waals surface area contributed by atoms with Crippen molar-refractivity contribution in [2.24, 2.45) is 0 Å². The number of non-ortho nitro benzene ring substituents is 1. The van der Waals surface area contributed by atoms with Crippen LogP contribution in [0.25, 0.3) is 0 Å². The Balaban J connectivity index is 1.77. The molecule has 2 amide bonds. The topological polar surface area (TPSA) is 75.5 Å². The maximum absolute atomic E-state index is 12.8. The van der Waals surface area contributed by atoms with E-state index in [2.05, 4.69) is 5.32 Å². The number of amides is 2. The number of nitrogens with zero attached hydrogens (tertiary/aromatic N) is 2. The van der Waals surface area contributed by atoms with Crippen molar-refractivity contribution in [2.75, 3.05) is 4.90 Å². The summed E-state index contributed by atoms with van der Waals surface area (Å²) >= 11 is 0. The highest BCUT2D eigenvalue weighted by molar-refractivity contribution is 5.99. The fraction of sp³-hybridized carbons (Fsp3) is 0.0500. The van der Waals surface area contributed by atoms with Gasteiger partial charge in [-0.25, -0.2) is 4.79 Å². The standard InChI is InChI=1S/C20H17N3O3/c24-20(21-15-16-11-13-19(14-12-16)23(25)26)22(17-7-3-1-4-8-17)18-9-5-2-6-10-18/h1-14H,15H2,(H,21,24). The molecular formula is C20H17N3O3. The van der Waals surface area contributed by atoms with Gasteiger partial charge in [0.25, 0.3) is 5.69 Å². The molecule has 3 aromatic rings. The predicted octanol–water partition coefficient (Wildman–Crippen LogP) is 4.64. The van der Waals surface area contributed by atoms with Crippen LogP contribution < -0.4 is 10.2 Å². The Bertz CT molecular complexity index is 842. The maximum Gasteiger partial charge on any atom is 0.326 e. The lowest BCUT2D eigenvalue weighted by molar-refractivity contribution is -0.384. The first-order valence-electron chi connectivity index (χ1n) is 8.06. The number of urea groups is 1. The summed E-state index contributed by atoms with van der Waals surface area (Å²) in [6.45, 7) is 0.271. The van der Waals surface area contributed by atoms with Crippen LogP contribution in [0, 0.1) is 10.1 Å². The zero-order valence-corrected chi connectivity index (χ0v) is 13.9. The number of anilines is 2. The first-order chi connectivity index (χ1) is 12.6. The van der Waals surface area contributed by atoms with Crippen molar-refractivity contribution >= 4 is 23.1 Å². The van der Waals surface area contributed by atoms with Crippen LogP contribution in [0.5, 0.6) is 0 Å². The van der Waals surface area contributed by atoms with Gasteiger partial charge in [0, 0.05) is 18.7 Å². The average molecular weight is 347 g/mol. The number of para-hydroxylation sites is 2. The Morgan fingerprint density at radius 1 is 0.846 bits per heavy atom. The van der Waals surface area contributed by atoms with E-state index in [4.69, 9.17) is 0 Å². The predicted molar refractivity (Wildman–Crippen MR) is 100 cm³/mol. The fourth-order valence-electron chi connectivity index (χ4n) is 2.53. The van der Waals surface area contributed by atoms with Gasteiger partial charge in [-0.2, -0.15) is 0 Å². The number of rotatable bonds is 5. The van der Waals surface area contributed by atoms with Crippen molar-refractivity contribution in [1.29, 1.82) is 0 Å². The molecule has 6 nitrogen and oxygen atoms in total. The lowest BCUT2D eigenvalue weighted by atomic mass is 10.2. The summed E-state index contributed by atoms with van der Waals surface area (Å²) < 4.78 is 0. The largest absolute Gasteiger partial charge is 0.333 e. The molecule has 0 aliphatic rings. The van der Waals surface area contributed by atoms with Crippen LogP contribution in [0.3, 0.4) is 0 Å². The van der Waals surface area contributed by atoms with E-state index < -0.39 is 4.92 Å². The van der Waals surface area contributed by atoms with Gasteiger partial charge in [0.2, 0.25) is 0 Å². The van der Waals surface area contributed by atoms with Crippen molar-refractivity contribution in [2.45, 2.75) is 6.54 Å². The van der Waals surface area contributed by atoms with Crippen LogP contribution in [0.1, 0.15) is 5.56 Å². The molecule has 0 spiro atoms. The summed E-state index contributed by atoms with van der Waals surface area (Å²) in [7, 11) is 0. The van der Waals surface area contributed by atoms with Gasteiger partial charge in [-0.3, -0.25) is 15.0 Å². The Morgan fingerprint density at radius 2 is 1.35 bits per heavy atom. The summed E-state index contributed by atoms with van der Waals surface area (Å²) in [5.41, 5.74) is 2.31. The van der Waals surface area contributed by atoms with Crippen LogP contribution in [0.15, 0.2) is 84.9 Å². The molecule has 3 rings (SSSR count). The Labute approximate surface area is 150 Å². The molecule has 0 aliphatic carbocycles. The number of carbonyl (C=O) groups is 1. The second-order valence-corrected chi connectivity index (χ2v) is 5.59. The third-order valence-corrected chi connectivity index (χ3v) is 3.82. The minimum atomic E-state index is -0.450. The Hall–Kier alpha value is -3.67. The molecule has 0 aliphatic heterocycles. The minimum absolute atomic E-state index is 0.0234. The number of nitro benzene ring substituents is 1. The van der Waals surface area contributed by atoms with Crippen LogP contribution in [-0.2, 0) is 6.54 Å². The number of hydrogen-bond acceptors (Lipinski definition) is 3. The van der Waals surface area contributed by atoms with Crippen LogP contribution in [0.2, 0.25) is 0 Å². The van der Waals surface area contributed by atoms with E-state index in [1.165, 1.54) is 12.1 Å². The highest BCUT2D eigenvalue weighted by atomic mass is 16.6. The van der Waals surface area contributed by atoms with Crippen LogP contribution in [-0.4, -0.2) is 11.0 Å². The lowest BCUT2D eigenvalue weighted by Crippen LogP contribution is -2.36. The van der Waals surface area contributed by atoms with Crippen molar-refractivity contribution in [3.63, 3.8) is 0 Å². The van der Waals surface area contributed by atoms with Crippen molar-refractivity contribution in [3.8, 4) is 0 Å². The summed E-state index contributed by atoms with van der Waals surface area (Å²) in [6.07, 6.45) is 0. The summed E-state index contributed by atoms with van der Waals surface area (Å²) in [5.74, 6) is 0. The van der Waals surface area contributed by atoms with Crippen LogP contribution >= 0.6 is 0 Å². The van der Waals surface area contributed by atoms with Gasteiger partial charge >= 0.3 is 6.03 Å². The summed E-state index contributed by atoms with van der Waals surface area (Å²) in [6, 6.07) is 24.5. The number of hydrogen-bond donors (Lipinski definition) is 1. The smallest absolute Gasteiger partial charge is 0.326 e. The van der Waals surface area contributed by atoms with Gasteiger partial charge in [-0.05, 0) is 29.8 Å². The normalized spacial score (nSPS) is 10.2. The SMILES string of the molecule is O=C(NCc1ccc([N+](=O)[O-])cc1)N(c1ccccc1)c1ccccc1. The lowest BCUT2D eigenvalue weighted by Gasteiger charge is -2.23. The number of benzene rings is 3. The van der Waals surface area contributed by atoms with Crippen molar-refractivity contribution < 1.29 is 9.72 Å². The van der Waals surface area contributed by atoms with Gasteiger partial charge in [-0.1, -0.05) is 48.5 Å². The second-order valence-electron chi connectivity index (χ2n) is 5.59. The van der Waals surface area contributed by atoms with Gasteiger partial charge in [0.05, 0.1) is 16.3 Å². The van der Waals surface area contributed by atoms with Crippen molar-refractivity contribution in [3.05, 3.63) is 101 Å². The monoisotopic (exact) mass is 347 g/mol. The molecule has 0 bridgehead atoms. The van der Waals surface area contributed by atoms with E-state index in [0.29, 0.717) is 0 Å². The van der Waals surface area contributed by atoms with Crippen molar-refractivity contribution in [1.82, 2.24) is 5.32 Å². The molecule has 0 aromatic heterocycles. The highest BCUT2D eigenvalue weighted by Gasteiger charge is 2.17. The zero-order valence-electron chi connectivity index (χ0n) is 13.9. The third-order valence-electron chi connectivity index (χ3n) is 3.82. The third kappa shape index (κ3) is 4.05. The molecule has 0 heterocycles. The molecule has 130 valence electrons. The molecule has 3 aromatic carbocycles. The summed E-state index contributed by atoms with van der Waals surface area (Å²) in [5, 5.41) is 13.6. The van der Waals surface area contributed by atoms with Gasteiger partial charge < -0.3 is 5.32 Å². The fourth-order valence-corrected chi connectivity index (χ4v) is 2.53. The first-order valence-corrected chi connectivity index (χ1v) is 8.06. The molecule has 1 N–H and O–H groups in total. The molecular weight excluding hydrogens is 330 g/mol. The molecule has 26 heavy (non-hydrogen) atoms.